The highest BCUT2D eigenvalue weighted by molar-refractivity contribution is 5.07. The van der Waals surface area contributed by atoms with E-state index in [1.807, 2.05) is 0 Å². The molecule has 0 aliphatic carbocycles. The van der Waals surface area contributed by atoms with E-state index in [0.717, 1.165) is 13.1 Å². The van der Waals surface area contributed by atoms with Crippen molar-refractivity contribution in [1.82, 2.24) is 5.32 Å². The van der Waals surface area contributed by atoms with Crippen LogP contribution in [0.15, 0.2) is 0 Å². The summed E-state index contributed by atoms with van der Waals surface area (Å²) in [6.07, 6.45) is 0.402. The summed E-state index contributed by atoms with van der Waals surface area (Å²) in [6, 6.07) is 0. The number of ether oxygens (including phenoxy) is 1. The molecule has 0 aromatic carbocycles. The first-order valence-corrected chi connectivity index (χ1v) is 4.40. The van der Waals surface area contributed by atoms with E-state index in [2.05, 4.69) is 37.9 Å². The van der Waals surface area contributed by atoms with Crippen molar-refractivity contribution >= 4 is 0 Å². The number of hydrogen-bond acceptors (Lipinski definition) is 2. The molecule has 0 aromatic heterocycles. The number of rotatable bonds is 2. The molecule has 0 amide bonds. The van der Waals surface area contributed by atoms with Crippen LogP contribution in [0.2, 0.25) is 0 Å². The topological polar surface area (TPSA) is 21.3 Å². The van der Waals surface area contributed by atoms with E-state index in [-0.39, 0.29) is 5.41 Å². The van der Waals surface area contributed by atoms with Gasteiger partial charge in [-0.3, -0.25) is 0 Å². The predicted octanol–water partition coefficient (Wildman–Crippen LogP) is 1.02. The summed E-state index contributed by atoms with van der Waals surface area (Å²) in [6.45, 7) is 8.85. The lowest BCUT2D eigenvalue weighted by Gasteiger charge is -2.26. The standard InChI is InChI=1S/C10H17NO/c1-10(2,3)5-4-6-12-9-7-11-8-9/h9,11H,6-8H2,1-3H3. The van der Waals surface area contributed by atoms with Crippen molar-refractivity contribution in [3.05, 3.63) is 0 Å². The zero-order chi connectivity index (χ0) is 9.03. The summed E-state index contributed by atoms with van der Waals surface area (Å²) >= 11 is 0. The Balaban J connectivity index is 2.10. The second-order valence-electron chi connectivity index (χ2n) is 4.14. The molecule has 2 heteroatoms. The summed E-state index contributed by atoms with van der Waals surface area (Å²) in [4.78, 5) is 0. The molecule has 1 fully saturated rings. The minimum absolute atomic E-state index is 0.0984. The highest BCUT2D eigenvalue weighted by Crippen LogP contribution is 2.09. The molecule has 1 aliphatic heterocycles. The highest BCUT2D eigenvalue weighted by atomic mass is 16.5. The summed E-state index contributed by atoms with van der Waals surface area (Å²) < 4.78 is 5.44. The third-order valence-electron chi connectivity index (χ3n) is 1.60. The van der Waals surface area contributed by atoms with Crippen molar-refractivity contribution in [2.75, 3.05) is 19.7 Å². The van der Waals surface area contributed by atoms with Gasteiger partial charge in [0.1, 0.15) is 6.61 Å². The van der Waals surface area contributed by atoms with Crippen LogP contribution in [0.4, 0.5) is 0 Å². The van der Waals surface area contributed by atoms with Crippen LogP contribution in [0, 0.1) is 17.3 Å². The van der Waals surface area contributed by atoms with Crippen LogP contribution in [0.3, 0.4) is 0 Å². The van der Waals surface area contributed by atoms with Crippen LogP contribution in [0.1, 0.15) is 20.8 Å². The van der Waals surface area contributed by atoms with Gasteiger partial charge in [-0.1, -0.05) is 11.8 Å². The zero-order valence-electron chi connectivity index (χ0n) is 8.11. The van der Waals surface area contributed by atoms with E-state index < -0.39 is 0 Å². The average Bonchev–Trinajstić information content (AvgIpc) is 1.80. The second kappa shape index (κ2) is 3.93. The number of nitrogens with one attached hydrogen (secondary N) is 1. The Hall–Kier alpha value is -0.520. The smallest absolute Gasteiger partial charge is 0.108 e. The van der Waals surface area contributed by atoms with E-state index in [1.54, 1.807) is 0 Å². The van der Waals surface area contributed by atoms with Crippen LogP contribution in [-0.4, -0.2) is 25.8 Å². The van der Waals surface area contributed by atoms with Crippen molar-refractivity contribution in [1.29, 1.82) is 0 Å². The van der Waals surface area contributed by atoms with E-state index in [9.17, 15) is 0 Å². The molecule has 12 heavy (non-hydrogen) atoms. The Morgan fingerprint density at radius 1 is 1.42 bits per heavy atom. The minimum Gasteiger partial charge on any atom is -0.363 e. The van der Waals surface area contributed by atoms with Crippen LogP contribution >= 0.6 is 0 Å². The molecule has 0 bridgehead atoms. The maximum atomic E-state index is 5.44. The fraction of sp³-hybridized carbons (Fsp3) is 0.800. The lowest BCUT2D eigenvalue weighted by Crippen LogP contribution is -2.48. The fourth-order valence-corrected chi connectivity index (χ4v) is 0.841. The highest BCUT2D eigenvalue weighted by Gasteiger charge is 2.15. The Kier molecular flexibility index (Phi) is 3.13. The summed E-state index contributed by atoms with van der Waals surface area (Å²) in [7, 11) is 0. The first kappa shape index (κ1) is 9.57. The summed E-state index contributed by atoms with van der Waals surface area (Å²) in [5, 5.41) is 3.15. The quantitative estimate of drug-likeness (QED) is 0.620. The van der Waals surface area contributed by atoms with E-state index >= 15 is 0 Å². The molecular weight excluding hydrogens is 150 g/mol. The minimum atomic E-state index is 0.0984. The summed E-state index contributed by atoms with van der Waals surface area (Å²) in [5.41, 5.74) is 0.0984. The maximum absolute atomic E-state index is 5.44. The van der Waals surface area contributed by atoms with Gasteiger partial charge in [0.15, 0.2) is 0 Å². The molecule has 1 N–H and O–H groups in total. The van der Waals surface area contributed by atoms with Gasteiger partial charge in [-0.05, 0) is 20.8 Å². The molecule has 0 radical (unpaired) electrons. The van der Waals surface area contributed by atoms with Crippen molar-refractivity contribution < 1.29 is 4.74 Å². The van der Waals surface area contributed by atoms with E-state index in [0.29, 0.717) is 12.7 Å². The van der Waals surface area contributed by atoms with Crippen LogP contribution in [0.25, 0.3) is 0 Å². The van der Waals surface area contributed by atoms with Gasteiger partial charge in [-0.2, -0.15) is 0 Å². The normalized spacial score (nSPS) is 17.9. The van der Waals surface area contributed by atoms with Gasteiger partial charge in [0.2, 0.25) is 0 Å². The van der Waals surface area contributed by atoms with Crippen LogP contribution in [-0.2, 0) is 4.74 Å². The van der Waals surface area contributed by atoms with Gasteiger partial charge in [0, 0.05) is 18.5 Å². The van der Waals surface area contributed by atoms with Crippen LogP contribution < -0.4 is 5.32 Å². The Morgan fingerprint density at radius 3 is 2.50 bits per heavy atom. The van der Waals surface area contributed by atoms with Crippen molar-refractivity contribution in [2.45, 2.75) is 26.9 Å². The van der Waals surface area contributed by atoms with E-state index in [1.165, 1.54) is 0 Å². The largest absolute Gasteiger partial charge is 0.363 e. The molecule has 0 atom stereocenters. The predicted molar refractivity (Wildman–Crippen MR) is 49.8 cm³/mol. The lowest BCUT2D eigenvalue weighted by molar-refractivity contribution is 0.0393. The van der Waals surface area contributed by atoms with Crippen molar-refractivity contribution in [3.8, 4) is 11.8 Å². The monoisotopic (exact) mass is 167 g/mol. The second-order valence-corrected chi connectivity index (χ2v) is 4.14. The Bertz CT molecular complexity index is 190. The molecule has 1 aliphatic rings. The third-order valence-corrected chi connectivity index (χ3v) is 1.60. The fourth-order valence-electron chi connectivity index (χ4n) is 0.841. The zero-order valence-corrected chi connectivity index (χ0v) is 8.11. The first-order valence-electron chi connectivity index (χ1n) is 4.40. The molecule has 68 valence electrons. The molecule has 1 saturated heterocycles. The molecule has 1 rings (SSSR count). The molecule has 1 heterocycles. The molecule has 0 spiro atoms. The van der Waals surface area contributed by atoms with Crippen LogP contribution in [0.5, 0.6) is 0 Å². The molecular formula is C10H17NO. The maximum Gasteiger partial charge on any atom is 0.108 e. The molecule has 0 aromatic rings. The molecule has 0 saturated carbocycles. The lowest BCUT2D eigenvalue weighted by atomic mass is 9.98. The van der Waals surface area contributed by atoms with Gasteiger partial charge >= 0.3 is 0 Å². The van der Waals surface area contributed by atoms with E-state index in [4.69, 9.17) is 4.74 Å². The van der Waals surface area contributed by atoms with Gasteiger partial charge in [0.05, 0.1) is 6.10 Å². The number of hydrogen-bond donors (Lipinski definition) is 1. The molecule has 0 unspecified atom stereocenters. The Labute approximate surface area is 74.7 Å². The SMILES string of the molecule is CC(C)(C)C#CCOC1CNC1. The van der Waals surface area contributed by atoms with Crippen molar-refractivity contribution in [3.63, 3.8) is 0 Å². The van der Waals surface area contributed by atoms with Gasteiger partial charge in [-0.25, -0.2) is 0 Å². The van der Waals surface area contributed by atoms with Crippen molar-refractivity contribution in [2.24, 2.45) is 5.41 Å². The average molecular weight is 167 g/mol. The Morgan fingerprint density at radius 2 is 2.08 bits per heavy atom. The van der Waals surface area contributed by atoms with Gasteiger partial charge in [-0.15, -0.1) is 0 Å². The van der Waals surface area contributed by atoms with Gasteiger partial charge < -0.3 is 10.1 Å². The summed E-state index contributed by atoms with van der Waals surface area (Å²) in [5.74, 6) is 6.15. The molecule has 2 nitrogen and oxygen atoms in total. The van der Waals surface area contributed by atoms with Gasteiger partial charge in [0.25, 0.3) is 0 Å². The third kappa shape index (κ3) is 3.75. The first-order chi connectivity index (χ1) is 5.58.